The summed E-state index contributed by atoms with van der Waals surface area (Å²) < 4.78 is 5.13. The lowest BCUT2D eigenvalue weighted by Gasteiger charge is -2.17. The van der Waals surface area contributed by atoms with E-state index in [0.29, 0.717) is 6.42 Å². The first-order valence-corrected chi connectivity index (χ1v) is 7.36. The van der Waals surface area contributed by atoms with Crippen LogP contribution in [0.25, 0.3) is 0 Å². The van der Waals surface area contributed by atoms with Gasteiger partial charge in [-0.3, -0.25) is 4.79 Å². The Kier molecular flexibility index (Phi) is 6.17. The first kappa shape index (κ1) is 16.5. The smallest absolute Gasteiger partial charge is 0.407 e. The number of hydrogen-bond donors (Lipinski definition) is 2. The van der Waals surface area contributed by atoms with E-state index in [1.807, 2.05) is 60.7 Å². The predicted molar refractivity (Wildman–Crippen MR) is 85.9 cm³/mol. The van der Waals surface area contributed by atoms with Crippen LogP contribution in [0.15, 0.2) is 60.7 Å². The van der Waals surface area contributed by atoms with E-state index in [-0.39, 0.29) is 13.0 Å². The van der Waals surface area contributed by atoms with Gasteiger partial charge in [0.2, 0.25) is 0 Å². The van der Waals surface area contributed by atoms with Crippen LogP contribution in [0.3, 0.4) is 0 Å². The maximum Gasteiger partial charge on any atom is 0.407 e. The highest BCUT2D eigenvalue weighted by molar-refractivity contribution is 5.71. The van der Waals surface area contributed by atoms with Crippen LogP contribution < -0.4 is 5.32 Å². The van der Waals surface area contributed by atoms with Gasteiger partial charge >= 0.3 is 12.1 Å². The number of rotatable bonds is 7. The lowest BCUT2D eigenvalue weighted by molar-refractivity contribution is -0.137. The minimum atomic E-state index is -0.964. The van der Waals surface area contributed by atoms with Gasteiger partial charge in [-0.1, -0.05) is 60.7 Å². The summed E-state index contributed by atoms with van der Waals surface area (Å²) in [5.74, 6) is -0.964. The standard InChI is InChI=1S/C18H19NO4/c20-17(21)12-16(11-14-7-3-1-4-8-14)19-18(22)23-13-15-9-5-2-6-10-15/h1-10,16H,11-13H2,(H,19,22)(H,20,21)/t16-/m0/s1. The molecule has 5 nitrogen and oxygen atoms in total. The molecular weight excluding hydrogens is 294 g/mol. The first-order valence-electron chi connectivity index (χ1n) is 7.36. The Hall–Kier alpha value is -2.82. The van der Waals surface area contributed by atoms with Gasteiger partial charge in [0, 0.05) is 6.04 Å². The van der Waals surface area contributed by atoms with E-state index >= 15 is 0 Å². The van der Waals surface area contributed by atoms with Crippen molar-refractivity contribution < 1.29 is 19.4 Å². The summed E-state index contributed by atoms with van der Waals surface area (Å²) in [4.78, 5) is 22.8. The quantitative estimate of drug-likeness (QED) is 0.824. The lowest BCUT2D eigenvalue weighted by atomic mass is 10.0. The average Bonchev–Trinajstić information content (AvgIpc) is 2.54. The second kappa shape index (κ2) is 8.58. The summed E-state index contributed by atoms with van der Waals surface area (Å²) in [6.45, 7) is 0.151. The molecule has 2 rings (SSSR count). The van der Waals surface area contributed by atoms with Crippen molar-refractivity contribution in [1.82, 2.24) is 5.32 Å². The van der Waals surface area contributed by atoms with Crippen LogP contribution in [-0.2, 0) is 22.6 Å². The van der Waals surface area contributed by atoms with E-state index in [0.717, 1.165) is 11.1 Å². The van der Waals surface area contributed by atoms with Crippen LogP contribution in [0.5, 0.6) is 0 Å². The highest BCUT2D eigenvalue weighted by Crippen LogP contribution is 2.07. The SMILES string of the molecule is O=C(O)C[C@H](Cc1ccccc1)NC(=O)OCc1ccccc1. The van der Waals surface area contributed by atoms with E-state index in [1.165, 1.54) is 0 Å². The maximum atomic E-state index is 11.9. The zero-order valence-corrected chi connectivity index (χ0v) is 12.6. The van der Waals surface area contributed by atoms with Gasteiger partial charge in [-0.05, 0) is 17.5 Å². The molecule has 2 N–H and O–H groups in total. The van der Waals surface area contributed by atoms with Gasteiger partial charge in [-0.25, -0.2) is 4.79 Å². The summed E-state index contributed by atoms with van der Waals surface area (Å²) in [5, 5.41) is 11.6. The molecule has 0 aliphatic heterocycles. The maximum absolute atomic E-state index is 11.9. The molecule has 0 bridgehead atoms. The molecule has 0 spiro atoms. The molecule has 120 valence electrons. The zero-order chi connectivity index (χ0) is 16.5. The number of benzene rings is 2. The van der Waals surface area contributed by atoms with Gasteiger partial charge < -0.3 is 15.2 Å². The van der Waals surface area contributed by atoms with Crippen LogP contribution in [0.4, 0.5) is 4.79 Å². The van der Waals surface area contributed by atoms with Gasteiger partial charge in [0.05, 0.1) is 6.42 Å². The Morgan fingerprint density at radius 2 is 1.52 bits per heavy atom. The highest BCUT2D eigenvalue weighted by Gasteiger charge is 2.17. The number of carboxylic acid groups (broad SMARTS) is 1. The molecule has 0 aromatic heterocycles. The van der Waals surface area contributed by atoms with E-state index in [4.69, 9.17) is 9.84 Å². The molecular formula is C18H19NO4. The fourth-order valence-corrected chi connectivity index (χ4v) is 2.22. The number of nitrogens with one attached hydrogen (secondary N) is 1. The third-order valence-corrected chi connectivity index (χ3v) is 3.28. The largest absolute Gasteiger partial charge is 0.481 e. The van der Waals surface area contributed by atoms with Gasteiger partial charge in [0.1, 0.15) is 6.61 Å². The van der Waals surface area contributed by atoms with Crippen LogP contribution in [0, 0.1) is 0 Å². The number of carboxylic acids is 1. The van der Waals surface area contributed by atoms with Gasteiger partial charge in [0.25, 0.3) is 0 Å². The second-order valence-corrected chi connectivity index (χ2v) is 5.19. The van der Waals surface area contributed by atoms with Crippen molar-refractivity contribution in [2.24, 2.45) is 0 Å². The van der Waals surface area contributed by atoms with Crippen molar-refractivity contribution in [1.29, 1.82) is 0 Å². The van der Waals surface area contributed by atoms with E-state index in [2.05, 4.69) is 5.32 Å². The van der Waals surface area contributed by atoms with Crippen LogP contribution >= 0.6 is 0 Å². The van der Waals surface area contributed by atoms with Gasteiger partial charge in [0.15, 0.2) is 0 Å². The molecule has 0 radical (unpaired) electrons. The van der Waals surface area contributed by atoms with Crippen molar-refractivity contribution in [3.05, 3.63) is 71.8 Å². The Bertz CT molecular complexity index is 628. The van der Waals surface area contributed by atoms with Crippen LogP contribution in [0.2, 0.25) is 0 Å². The third kappa shape index (κ3) is 6.22. The minimum absolute atomic E-state index is 0.151. The Morgan fingerprint density at radius 3 is 2.09 bits per heavy atom. The summed E-state index contributed by atoms with van der Waals surface area (Å²) in [6.07, 6.45) is -0.334. The summed E-state index contributed by atoms with van der Waals surface area (Å²) in [6, 6.07) is 18.2. The third-order valence-electron chi connectivity index (χ3n) is 3.28. The molecule has 0 aliphatic carbocycles. The minimum Gasteiger partial charge on any atom is -0.481 e. The fraction of sp³-hybridized carbons (Fsp3) is 0.222. The molecule has 0 saturated heterocycles. The lowest BCUT2D eigenvalue weighted by Crippen LogP contribution is -2.38. The molecule has 1 amide bonds. The number of hydrogen-bond acceptors (Lipinski definition) is 3. The molecule has 0 saturated carbocycles. The molecule has 0 aliphatic rings. The Labute approximate surface area is 134 Å². The molecule has 1 atom stereocenters. The van der Waals surface area contributed by atoms with Crippen LogP contribution in [0.1, 0.15) is 17.5 Å². The molecule has 0 heterocycles. The molecule has 0 fully saturated rings. The number of amides is 1. The number of alkyl carbamates (subject to hydrolysis) is 1. The Balaban J connectivity index is 1.88. The number of carbonyl (C=O) groups is 2. The molecule has 2 aromatic carbocycles. The predicted octanol–water partition coefficient (Wildman–Crippen LogP) is 3.00. The molecule has 23 heavy (non-hydrogen) atoms. The average molecular weight is 313 g/mol. The van der Waals surface area contributed by atoms with Crippen LogP contribution in [-0.4, -0.2) is 23.2 Å². The monoisotopic (exact) mass is 313 g/mol. The van der Waals surface area contributed by atoms with Crippen molar-refractivity contribution in [3.63, 3.8) is 0 Å². The van der Waals surface area contributed by atoms with Crippen molar-refractivity contribution in [2.45, 2.75) is 25.5 Å². The summed E-state index contributed by atoms with van der Waals surface area (Å²) in [7, 11) is 0. The summed E-state index contributed by atoms with van der Waals surface area (Å²) >= 11 is 0. The van der Waals surface area contributed by atoms with Crippen molar-refractivity contribution in [2.75, 3.05) is 0 Å². The van der Waals surface area contributed by atoms with E-state index in [1.54, 1.807) is 0 Å². The fourth-order valence-electron chi connectivity index (χ4n) is 2.22. The number of ether oxygens (including phenoxy) is 1. The van der Waals surface area contributed by atoms with Crippen molar-refractivity contribution in [3.8, 4) is 0 Å². The first-order chi connectivity index (χ1) is 11.1. The Morgan fingerprint density at radius 1 is 0.957 bits per heavy atom. The normalized spacial score (nSPS) is 11.5. The summed E-state index contributed by atoms with van der Waals surface area (Å²) in [5.41, 5.74) is 1.84. The number of aliphatic carboxylic acids is 1. The van der Waals surface area contributed by atoms with Crippen molar-refractivity contribution >= 4 is 12.1 Å². The molecule has 2 aromatic rings. The zero-order valence-electron chi connectivity index (χ0n) is 12.6. The molecule has 5 heteroatoms. The van der Waals surface area contributed by atoms with Gasteiger partial charge in [-0.2, -0.15) is 0 Å². The highest BCUT2D eigenvalue weighted by atomic mass is 16.5. The topological polar surface area (TPSA) is 75.6 Å². The number of carbonyl (C=O) groups excluding carboxylic acids is 1. The van der Waals surface area contributed by atoms with E-state index in [9.17, 15) is 9.59 Å². The second-order valence-electron chi connectivity index (χ2n) is 5.19. The van der Waals surface area contributed by atoms with Gasteiger partial charge in [-0.15, -0.1) is 0 Å². The van der Waals surface area contributed by atoms with E-state index < -0.39 is 18.1 Å². The molecule has 0 unspecified atom stereocenters.